The zero-order valence-corrected chi connectivity index (χ0v) is 14.0. The molecule has 0 radical (unpaired) electrons. The van der Waals surface area contributed by atoms with Crippen molar-refractivity contribution >= 4 is 17.8 Å². The number of benzene rings is 1. The highest BCUT2D eigenvalue weighted by atomic mass is 15.2. The van der Waals surface area contributed by atoms with Crippen molar-refractivity contribution in [1.82, 2.24) is 9.55 Å². The molecular formula is C19H25N3. The third kappa shape index (κ3) is 2.35. The number of nitrogens with zero attached hydrogens (tertiary/aromatic N) is 3. The molecule has 1 aromatic heterocycles. The summed E-state index contributed by atoms with van der Waals surface area (Å²) < 4.78 is 2.23. The summed E-state index contributed by atoms with van der Waals surface area (Å²) >= 11 is 0. The number of aryl methyl sites for hydroxylation is 2. The van der Waals surface area contributed by atoms with Gasteiger partial charge in [-0.1, -0.05) is 31.2 Å². The minimum absolute atomic E-state index is 0.0226. The van der Waals surface area contributed by atoms with Crippen molar-refractivity contribution in [3.8, 4) is 0 Å². The molecule has 1 unspecified atom stereocenters. The third-order valence-electron chi connectivity index (χ3n) is 4.91. The van der Waals surface area contributed by atoms with Gasteiger partial charge >= 0.3 is 0 Å². The topological polar surface area (TPSA) is 21.1 Å². The summed E-state index contributed by atoms with van der Waals surface area (Å²) in [4.78, 5) is 6.93. The second-order valence-corrected chi connectivity index (χ2v) is 6.25. The molecular weight excluding hydrogens is 270 g/mol. The van der Waals surface area contributed by atoms with E-state index in [2.05, 4.69) is 78.7 Å². The number of fused-ring (bicyclic) bond motifs is 1. The Hall–Kier alpha value is -2.03. The Morgan fingerprint density at radius 2 is 2.05 bits per heavy atom. The van der Waals surface area contributed by atoms with E-state index in [1.54, 1.807) is 0 Å². The van der Waals surface area contributed by atoms with E-state index in [0.717, 1.165) is 24.7 Å². The lowest BCUT2D eigenvalue weighted by atomic mass is 9.90. The van der Waals surface area contributed by atoms with E-state index in [4.69, 9.17) is 0 Å². The fraction of sp³-hybridized carbons (Fsp3) is 0.421. The van der Waals surface area contributed by atoms with Crippen LogP contribution >= 0.6 is 0 Å². The van der Waals surface area contributed by atoms with Gasteiger partial charge in [0, 0.05) is 19.3 Å². The van der Waals surface area contributed by atoms with Crippen molar-refractivity contribution in [1.29, 1.82) is 0 Å². The van der Waals surface area contributed by atoms with Crippen LogP contribution in [0.4, 0.5) is 5.69 Å². The molecule has 0 fully saturated rings. The van der Waals surface area contributed by atoms with Crippen molar-refractivity contribution in [3.63, 3.8) is 0 Å². The fourth-order valence-corrected chi connectivity index (χ4v) is 3.28. The monoisotopic (exact) mass is 295 g/mol. The Labute approximate surface area is 132 Å². The predicted molar refractivity (Wildman–Crippen MR) is 93.3 cm³/mol. The number of imidazole rings is 1. The van der Waals surface area contributed by atoms with E-state index in [-0.39, 0.29) is 5.54 Å². The molecule has 22 heavy (non-hydrogen) atoms. The molecule has 3 nitrogen and oxygen atoms in total. The third-order valence-corrected chi connectivity index (χ3v) is 4.91. The van der Waals surface area contributed by atoms with Crippen LogP contribution in [0, 0.1) is 0 Å². The molecule has 1 atom stereocenters. The van der Waals surface area contributed by atoms with Gasteiger partial charge in [-0.25, -0.2) is 4.98 Å². The van der Waals surface area contributed by atoms with E-state index in [1.807, 2.05) is 6.33 Å². The van der Waals surface area contributed by atoms with Crippen LogP contribution in [-0.4, -0.2) is 22.1 Å². The zero-order valence-electron chi connectivity index (χ0n) is 14.0. The lowest BCUT2D eigenvalue weighted by Crippen LogP contribution is -2.49. The van der Waals surface area contributed by atoms with Gasteiger partial charge < -0.3 is 9.47 Å². The van der Waals surface area contributed by atoms with Gasteiger partial charge in [0.25, 0.3) is 0 Å². The Balaban J connectivity index is 2.07. The standard InChI is InChI=1S/C19H25N3/c1-5-15-9-7-8-10-17(15)21(4)19(3)12-11-16-18(13-19)22(6-2)14-20-16/h7-11,13-14H,5-6,12H2,1-4H3. The number of hydrogen-bond donors (Lipinski definition) is 0. The summed E-state index contributed by atoms with van der Waals surface area (Å²) in [6.07, 6.45) is 8.63. The molecule has 0 aliphatic heterocycles. The van der Waals surface area contributed by atoms with Crippen LogP contribution in [0.3, 0.4) is 0 Å². The minimum atomic E-state index is -0.0226. The van der Waals surface area contributed by atoms with Crippen LogP contribution in [0.2, 0.25) is 0 Å². The first-order valence-electron chi connectivity index (χ1n) is 8.15. The minimum Gasteiger partial charge on any atom is -0.365 e. The van der Waals surface area contributed by atoms with E-state index in [1.165, 1.54) is 16.6 Å². The van der Waals surface area contributed by atoms with Gasteiger partial charge in [-0.15, -0.1) is 0 Å². The number of aromatic nitrogens is 2. The Morgan fingerprint density at radius 1 is 1.27 bits per heavy atom. The largest absolute Gasteiger partial charge is 0.365 e. The van der Waals surface area contributed by atoms with Crippen molar-refractivity contribution in [2.75, 3.05) is 11.9 Å². The molecule has 0 bridgehead atoms. The summed E-state index contributed by atoms with van der Waals surface area (Å²) in [5.41, 5.74) is 2.70. The van der Waals surface area contributed by atoms with E-state index in [9.17, 15) is 0 Å². The van der Waals surface area contributed by atoms with Crippen LogP contribution in [0.15, 0.2) is 30.6 Å². The second kappa shape index (κ2) is 5.64. The first kappa shape index (κ1) is 14.9. The van der Waals surface area contributed by atoms with Crippen LogP contribution in [0.5, 0.6) is 0 Å². The Bertz CT molecular complexity index is 787. The Kier molecular flexibility index (Phi) is 3.81. The van der Waals surface area contributed by atoms with Gasteiger partial charge in [0.1, 0.15) is 0 Å². The highest BCUT2D eigenvalue weighted by Gasteiger charge is 2.29. The first-order valence-corrected chi connectivity index (χ1v) is 8.15. The van der Waals surface area contributed by atoms with Gasteiger partial charge in [-0.05, 0) is 44.4 Å². The fourth-order valence-electron chi connectivity index (χ4n) is 3.28. The normalized spacial score (nSPS) is 20.0. The molecule has 0 spiro atoms. The summed E-state index contributed by atoms with van der Waals surface area (Å²) in [6, 6.07) is 8.70. The molecule has 1 heterocycles. The van der Waals surface area contributed by atoms with Gasteiger partial charge in [0.2, 0.25) is 0 Å². The van der Waals surface area contributed by atoms with Crippen LogP contribution in [0.1, 0.15) is 32.8 Å². The highest BCUT2D eigenvalue weighted by molar-refractivity contribution is 5.62. The van der Waals surface area contributed by atoms with Gasteiger partial charge in [0.15, 0.2) is 0 Å². The number of rotatable bonds is 4. The maximum absolute atomic E-state index is 4.52. The van der Waals surface area contributed by atoms with E-state index < -0.39 is 0 Å². The van der Waals surface area contributed by atoms with Crippen molar-refractivity contribution in [2.24, 2.45) is 0 Å². The summed E-state index contributed by atoms with van der Waals surface area (Å²) in [6.45, 7) is 7.65. The van der Waals surface area contributed by atoms with Crippen LogP contribution in [-0.2, 0) is 13.0 Å². The SMILES string of the molecule is CCc1ccccc1N(C)C1(C)C=c2c(ncn2CC)=CC1. The Morgan fingerprint density at radius 3 is 2.77 bits per heavy atom. The molecule has 3 heteroatoms. The van der Waals surface area contributed by atoms with Crippen molar-refractivity contribution < 1.29 is 0 Å². The first-order chi connectivity index (χ1) is 10.6. The van der Waals surface area contributed by atoms with Gasteiger partial charge in [-0.3, -0.25) is 0 Å². The maximum Gasteiger partial charge on any atom is 0.0957 e. The molecule has 1 aliphatic rings. The highest BCUT2D eigenvalue weighted by Crippen LogP contribution is 2.30. The zero-order chi connectivity index (χ0) is 15.7. The van der Waals surface area contributed by atoms with Crippen LogP contribution < -0.4 is 15.6 Å². The predicted octanol–water partition coefficient (Wildman–Crippen LogP) is 2.33. The molecule has 1 aliphatic carbocycles. The van der Waals surface area contributed by atoms with E-state index in [0.29, 0.717) is 0 Å². The molecule has 0 saturated carbocycles. The molecule has 0 saturated heterocycles. The van der Waals surface area contributed by atoms with Crippen LogP contribution in [0.25, 0.3) is 12.2 Å². The second-order valence-electron chi connectivity index (χ2n) is 6.25. The molecule has 2 aromatic rings. The molecule has 0 N–H and O–H groups in total. The van der Waals surface area contributed by atoms with Gasteiger partial charge in [-0.2, -0.15) is 0 Å². The maximum atomic E-state index is 4.52. The summed E-state index contributed by atoms with van der Waals surface area (Å²) in [5, 5.41) is 2.37. The lowest BCUT2D eigenvalue weighted by molar-refractivity contribution is 0.584. The van der Waals surface area contributed by atoms with Gasteiger partial charge in [0.05, 0.1) is 22.6 Å². The number of para-hydroxylation sites is 1. The number of anilines is 1. The molecule has 0 amide bonds. The van der Waals surface area contributed by atoms with Crippen molar-refractivity contribution in [3.05, 3.63) is 46.9 Å². The molecule has 116 valence electrons. The molecule has 3 rings (SSSR count). The quantitative estimate of drug-likeness (QED) is 0.863. The average Bonchev–Trinajstić information content (AvgIpc) is 2.95. The molecule has 1 aromatic carbocycles. The number of hydrogen-bond acceptors (Lipinski definition) is 2. The summed E-state index contributed by atoms with van der Waals surface area (Å²) in [5.74, 6) is 0. The summed E-state index contributed by atoms with van der Waals surface area (Å²) in [7, 11) is 2.20. The average molecular weight is 295 g/mol. The van der Waals surface area contributed by atoms with E-state index >= 15 is 0 Å². The smallest absolute Gasteiger partial charge is 0.0957 e. The lowest BCUT2D eigenvalue weighted by Gasteiger charge is -2.39. The van der Waals surface area contributed by atoms with Crippen molar-refractivity contribution in [2.45, 2.75) is 45.7 Å².